The van der Waals surface area contributed by atoms with Gasteiger partial charge in [-0.3, -0.25) is 4.40 Å². The smallest absolute Gasteiger partial charge is 0.179 e. The fraction of sp³-hybridized carbons (Fsp3) is 0.267. The first-order valence-corrected chi connectivity index (χ1v) is 8.79. The van der Waals surface area contributed by atoms with Crippen molar-refractivity contribution >= 4 is 38.5 Å². The van der Waals surface area contributed by atoms with Crippen LogP contribution in [0, 0.1) is 0 Å². The van der Waals surface area contributed by atoms with Crippen LogP contribution in [0.25, 0.3) is 26.6 Å². The van der Waals surface area contributed by atoms with Crippen LogP contribution in [0.3, 0.4) is 0 Å². The van der Waals surface area contributed by atoms with Crippen LogP contribution in [0.15, 0.2) is 23.8 Å². The lowest BCUT2D eigenvalue weighted by Gasteiger charge is -2.10. The molecule has 4 heterocycles. The highest BCUT2D eigenvalue weighted by Gasteiger charge is 2.21. The first kappa shape index (κ1) is 11.8. The summed E-state index contributed by atoms with van der Waals surface area (Å²) in [6, 6.07) is 4.12. The van der Waals surface area contributed by atoms with Gasteiger partial charge in [-0.05, 0) is 42.7 Å². The van der Waals surface area contributed by atoms with Crippen LogP contribution in [0.1, 0.15) is 23.3 Å². The SMILES string of the molecule is c1csc(-c2nnc3c4c5c(sc4ncn23)CCCC5)c1. The molecule has 104 valence electrons. The van der Waals surface area contributed by atoms with E-state index in [0.29, 0.717) is 0 Å². The average molecular weight is 312 g/mol. The Morgan fingerprint density at radius 1 is 1.14 bits per heavy atom. The number of fused-ring (bicyclic) bond motifs is 5. The molecule has 4 aromatic rings. The number of aromatic nitrogens is 4. The minimum atomic E-state index is 0.894. The Bertz CT molecular complexity index is 949. The van der Waals surface area contributed by atoms with Crippen molar-refractivity contribution in [2.24, 2.45) is 0 Å². The summed E-state index contributed by atoms with van der Waals surface area (Å²) in [5, 5.41) is 12.2. The molecule has 0 fully saturated rings. The zero-order chi connectivity index (χ0) is 13.8. The zero-order valence-electron chi connectivity index (χ0n) is 11.2. The van der Waals surface area contributed by atoms with E-state index in [1.54, 1.807) is 11.3 Å². The minimum Gasteiger partial charge on any atom is -0.264 e. The second-order valence-corrected chi connectivity index (χ2v) is 7.36. The van der Waals surface area contributed by atoms with Crippen LogP contribution < -0.4 is 0 Å². The molecule has 0 radical (unpaired) electrons. The van der Waals surface area contributed by atoms with E-state index in [4.69, 9.17) is 0 Å². The standard InChI is InChI=1S/C15H12N4S2/c1-2-5-10-9(4-1)12-14-18-17-13(11-6-3-7-20-11)19(14)8-16-15(12)21-10/h3,6-8H,1-2,4-5H2. The van der Waals surface area contributed by atoms with Gasteiger partial charge >= 0.3 is 0 Å². The number of hydrogen-bond donors (Lipinski definition) is 0. The molecule has 0 saturated heterocycles. The number of aryl methyl sites for hydroxylation is 2. The molecule has 1 aliphatic rings. The fourth-order valence-corrected chi connectivity index (χ4v) is 5.06. The van der Waals surface area contributed by atoms with Gasteiger partial charge in [-0.25, -0.2) is 4.98 Å². The van der Waals surface area contributed by atoms with E-state index >= 15 is 0 Å². The van der Waals surface area contributed by atoms with Gasteiger partial charge in [-0.15, -0.1) is 32.9 Å². The van der Waals surface area contributed by atoms with Crippen LogP contribution >= 0.6 is 22.7 Å². The van der Waals surface area contributed by atoms with E-state index in [0.717, 1.165) is 27.6 Å². The van der Waals surface area contributed by atoms with Crippen molar-refractivity contribution in [1.82, 2.24) is 19.6 Å². The summed E-state index contributed by atoms with van der Waals surface area (Å²) in [6.07, 6.45) is 6.77. The monoisotopic (exact) mass is 312 g/mol. The molecule has 0 bridgehead atoms. The number of thiophene rings is 2. The van der Waals surface area contributed by atoms with Gasteiger partial charge < -0.3 is 0 Å². The van der Waals surface area contributed by atoms with Crippen molar-refractivity contribution in [1.29, 1.82) is 0 Å². The molecule has 0 aromatic carbocycles. The summed E-state index contributed by atoms with van der Waals surface area (Å²) in [5.41, 5.74) is 2.42. The summed E-state index contributed by atoms with van der Waals surface area (Å²) in [4.78, 5) is 8.40. The molecule has 4 aromatic heterocycles. The Morgan fingerprint density at radius 3 is 3.00 bits per heavy atom. The van der Waals surface area contributed by atoms with E-state index < -0.39 is 0 Å². The molecule has 5 rings (SSSR count). The maximum absolute atomic E-state index is 4.66. The van der Waals surface area contributed by atoms with Crippen LogP contribution in [-0.4, -0.2) is 19.6 Å². The predicted octanol–water partition coefficient (Wildman–Crippen LogP) is 3.95. The van der Waals surface area contributed by atoms with Gasteiger partial charge in [0.15, 0.2) is 11.5 Å². The van der Waals surface area contributed by atoms with Crippen LogP contribution in [0.5, 0.6) is 0 Å². The molecule has 4 nitrogen and oxygen atoms in total. The molecule has 0 N–H and O–H groups in total. The van der Waals surface area contributed by atoms with E-state index in [1.807, 2.05) is 28.1 Å². The van der Waals surface area contributed by atoms with Gasteiger partial charge in [-0.1, -0.05) is 6.07 Å². The van der Waals surface area contributed by atoms with Crippen molar-refractivity contribution in [3.8, 4) is 10.7 Å². The van der Waals surface area contributed by atoms with Crippen molar-refractivity contribution in [3.05, 3.63) is 34.3 Å². The zero-order valence-corrected chi connectivity index (χ0v) is 12.9. The predicted molar refractivity (Wildman–Crippen MR) is 86.1 cm³/mol. The van der Waals surface area contributed by atoms with Crippen LogP contribution in [0.2, 0.25) is 0 Å². The molecule has 0 atom stereocenters. The Kier molecular flexibility index (Phi) is 2.45. The Labute approximate surface area is 129 Å². The second kappa shape index (κ2) is 4.35. The first-order chi connectivity index (χ1) is 10.4. The highest BCUT2D eigenvalue weighted by molar-refractivity contribution is 7.19. The summed E-state index contributed by atoms with van der Waals surface area (Å²) in [6.45, 7) is 0. The summed E-state index contributed by atoms with van der Waals surface area (Å²) >= 11 is 3.51. The minimum absolute atomic E-state index is 0.894. The van der Waals surface area contributed by atoms with E-state index in [1.165, 1.54) is 35.1 Å². The van der Waals surface area contributed by atoms with Crippen molar-refractivity contribution in [2.45, 2.75) is 25.7 Å². The molecule has 0 amide bonds. The quantitative estimate of drug-likeness (QED) is 0.534. The Balaban J connectivity index is 1.87. The molecule has 0 spiro atoms. The number of nitrogens with zero attached hydrogens (tertiary/aromatic N) is 4. The normalized spacial score (nSPS) is 14.9. The average Bonchev–Trinajstić information content (AvgIpc) is 3.23. The van der Waals surface area contributed by atoms with Crippen molar-refractivity contribution in [3.63, 3.8) is 0 Å². The van der Waals surface area contributed by atoms with Crippen molar-refractivity contribution in [2.75, 3.05) is 0 Å². The molecular weight excluding hydrogens is 300 g/mol. The Hall–Kier alpha value is -1.79. The highest BCUT2D eigenvalue weighted by Crippen LogP contribution is 2.37. The third kappa shape index (κ3) is 1.63. The molecule has 6 heteroatoms. The third-order valence-corrected chi connectivity index (χ3v) is 6.17. The lowest BCUT2D eigenvalue weighted by molar-refractivity contribution is 0.700. The van der Waals surface area contributed by atoms with Gasteiger partial charge in [0.05, 0.1) is 10.3 Å². The first-order valence-electron chi connectivity index (χ1n) is 7.09. The van der Waals surface area contributed by atoms with Gasteiger partial charge in [-0.2, -0.15) is 0 Å². The van der Waals surface area contributed by atoms with Gasteiger partial charge in [0.2, 0.25) is 0 Å². The van der Waals surface area contributed by atoms with Crippen LogP contribution in [0.4, 0.5) is 0 Å². The topological polar surface area (TPSA) is 43.1 Å². The third-order valence-electron chi connectivity index (χ3n) is 4.10. The summed E-state index contributed by atoms with van der Waals surface area (Å²) in [5.74, 6) is 0.894. The maximum atomic E-state index is 4.66. The summed E-state index contributed by atoms with van der Waals surface area (Å²) < 4.78 is 2.04. The van der Waals surface area contributed by atoms with Gasteiger partial charge in [0, 0.05) is 4.88 Å². The lowest BCUT2D eigenvalue weighted by atomic mass is 9.97. The lowest BCUT2D eigenvalue weighted by Crippen LogP contribution is -1.99. The van der Waals surface area contributed by atoms with E-state index in [-0.39, 0.29) is 0 Å². The number of hydrogen-bond acceptors (Lipinski definition) is 5. The van der Waals surface area contributed by atoms with Gasteiger partial charge in [0.1, 0.15) is 11.2 Å². The summed E-state index contributed by atoms with van der Waals surface area (Å²) in [7, 11) is 0. The second-order valence-electron chi connectivity index (χ2n) is 5.33. The molecule has 0 aliphatic heterocycles. The van der Waals surface area contributed by atoms with E-state index in [2.05, 4.69) is 26.6 Å². The largest absolute Gasteiger partial charge is 0.264 e. The Morgan fingerprint density at radius 2 is 2.10 bits per heavy atom. The fourth-order valence-electron chi connectivity index (χ4n) is 3.13. The van der Waals surface area contributed by atoms with Crippen molar-refractivity contribution < 1.29 is 0 Å². The number of rotatable bonds is 1. The molecule has 0 saturated carbocycles. The molecule has 21 heavy (non-hydrogen) atoms. The van der Waals surface area contributed by atoms with E-state index in [9.17, 15) is 0 Å². The molecular formula is C15H12N4S2. The van der Waals surface area contributed by atoms with Gasteiger partial charge in [0.25, 0.3) is 0 Å². The maximum Gasteiger partial charge on any atom is 0.179 e. The molecule has 1 aliphatic carbocycles. The highest BCUT2D eigenvalue weighted by atomic mass is 32.1. The molecule has 0 unspecified atom stereocenters. The van der Waals surface area contributed by atoms with Crippen LogP contribution in [-0.2, 0) is 12.8 Å².